The summed E-state index contributed by atoms with van der Waals surface area (Å²) in [5, 5.41) is 0. The SMILES string of the molecule is O=C(c1cc(F)ccn1)C1CC2CCC(C1)N2C(=O)OCC1c2ccccc2-c2ccccc21. The van der Waals surface area contributed by atoms with Crippen LogP contribution in [0, 0.1) is 11.7 Å². The predicted octanol–water partition coefficient (Wildman–Crippen LogP) is 5.60. The normalized spacial score (nSPS) is 22.9. The summed E-state index contributed by atoms with van der Waals surface area (Å²) in [6, 6.07) is 18.9. The molecule has 2 aromatic carbocycles. The van der Waals surface area contributed by atoms with E-state index < -0.39 is 5.82 Å². The van der Waals surface area contributed by atoms with Crippen LogP contribution in [0.15, 0.2) is 66.9 Å². The van der Waals surface area contributed by atoms with E-state index in [1.165, 1.54) is 40.6 Å². The van der Waals surface area contributed by atoms with Crippen molar-refractivity contribution < 1.29 is 18.7 Å². The summed E-state index contributed by atoms with van der Waals surface area (Å²) < 4.78 is 19.5. The van der Waals surface area contributed by atoms with E-state index in [4.69, 9.17) is 4.74 Å². The molecule has 2 bridgehead atoms. The van der Waals surface area contributed by atoms with Crippen LogP contribution in [0.1, 0.15) is 53.2 Å². The number of ether oxygens (including phenoxy) is 1. The molecule has 6 rings (SSSR count). The molecule has 0 radical (unpaired) electrons. The molecule has 6 heteroatoms. The number of carbonyl (C=O) groups is 2. The van der Waals surface area contributed by atoms with Crippen molar-refractivity contribution in [3.63, 3.8) is 0 Å². The van der Waals surface area contributed by atoms with E-state index in [-0.39, 0.29) is 41.5 Å². The fourth-order valence-corrected chi connectivity index (χ4v) is 6.11. The van der Waals surface area contributed by atoms with Crippen molar-refractivity contribution in [3.05, 3.63) is 89.5 Å². The molecule has 34 heavy (non-hydrogen) atoms. The first kappa shape index (κ1) is 21.0. The quantitative estimate of drug-likeness (QED) is 0.480. The number of pyridine rings is 1. The first-order chi connectivity index (χ1) is 16.6. The highest BCUT2D eigenvalue weighted by atomic mass is 19.1. The van der Waals surface area contributed by atoms with Gasteiger partial charge in [0.2, 0.25) is 0 Å². The summed E-state index contributed by atoms with van der Waals surface area (Å²) in [6.07, 6.45) is 3.87. The Bertz CT molecular complexity index is 1220. The summed E-state index contributed by atoms with van der Waals surface area (Å²) >= 11 is 0. The van der Waals surface area contributed by atoms with E-state index in [1.54, 1.807) is 0 Å². The monoisotopic (exact) mass is 456 g/mol. The molecular formula is C28H25FN2O3. The van der Waals surface area contributed by atoms with Crippen LogP contribution < -0.4 is 0 Å². The van der Waals surface area contributed by atoms with Crippen molar-refractivity contribution in [3.8, 4) is 11.1 Å². The highest BCUT2D eigenvalue weighted by Gasteiger charge is 2.46. The molecule has 3 heterocycles. The van der Waals surface area contributed by atoms with Gasteiger partial charge in [-0.25, -0.2) is 9.18 Å². The van der Waals surface area contributed by atoms with Gasteiger partial charge < -0.3 is 9.64 Å². The van der Waals surface area contributed by atoms with Crippen molar-refractivity contribution in [1.29, 1.82) is 0 Å². The summed E-state index contributed by atoms with van der Waals surface area (Å²) in [7, 11) is 0. The van der Waals surface area contributed by atoms with Crippen molar-refractivity contribution in [2.24, 2.45) is 5.92 Å². The molecule has 2 unspecified atom stereocenters. The zero-order valence-electron chi connectivity index (χ0n) is 18.7. The Labute approximate surface area is 197 Å². The number of benzene rings is 2. The van der Waals surface area contributed by atoms with Crippen molar-refractivity contribution in [2.75, 3.05) is 6.61 Å². The van der Waals surface area contributed by atoms with Gasteiger partial charge in [0.25, 0.3) is 0 Å². The van der Waals surface area contributed by atoms with Crippen LogP contribution in [0.5, 0.6) is 0 Å². The molecule has 1 aliphatic carbocycles. The molecule has 0 saturated carbocycles. The van der Waals surface area contributed by atoms with E-state index in [0.29, 0.717) is 19.4 Å². The number of ketones is 1. The fraction of sp³-hybridized carbons (Fsp3) is 0.321. The van der Waals surface area contributed by atoms with Gasteiger partial charge in [-0.3, -0.25) is 9.78 Å². The Morgan fingerprint density at radius 3 is 2.18 bits per heavy atom. The van der Waals surface area contributed by atoms with Crippen molar-refractivity contribution >= 4 is 11.9 Å². The van der Waals surface area contributed by atoms with Gasteiger partial charge in [-0.1, -0.05) is 48.5 Å². The first-order valence-corrected chi connectivity index (χ1v) is 11.9. The van der Waals surface area contributed by atoms with Crippen LogP contribution in [-0.2, 0) is 4.74 Å². The maximum atomic E-state index is 13.6. The molecule has 2 aliphatic heterocycles. The van der Waals surface area contributed by atoms with Crippen LogP contribution in [0.25, 0.3) is 11.1 Å². The molecule has 0 N–H and O–H groups in total. The highest BCUT2D eigenvalue weighted by molar-refractivity contribution is 5.96. The number of carbonyl (C=O) groups excluding carboxylic acids is 2. The fourth-order valence-electron chi connectivity index (χ4n) is 6.11. The molecule has 2 saturated heterocycles. The predicted molar refractivity (Wildman–Crippen MR) is 125 cm³/mol. The van der Waals surface area contributed by atoms with E-state index >= 15 is 0 Å². The molecule has 0 spiro atoms. The number of piperidine rings is 1. The van der Waals surface area contributed by atoms with Gasteiger partial charge in [0.1, 0.15) is 18.1 Å². The lowest BCUT2D eigenvalue weighted by molar-refractivity contribution is 0.0504. The van der Waals surface area contributed by atoms with Gasteiger partial charge in [0.05, 0.1) is 0 Å². The number of aromatic nitrogens is 1. The topological polar surface area (TPSA) is 59.5 Å². The average Bonchev–Trinajstić information content (AvgIpc) is 3.32. The summed E-state index contributed by atoms with van der Waals surface area (Å²) in [4.78, 5) is 32.0. The minimum absolute atomic E-state index is 0.0205. The number of hydrogen-bond acceptors (Lipinski definition) is 4. The molecule has 2 fully saturated rings. The summed E-state index contributed by atoms with van der Waals surface area (Å²) in [5.74, 6) is -0.822. The molecule has 3 aliphatic rings. The van der Waals surface area contributed by atoms with Crippen molar-refractivity contribution in [2.45, 2.75) is 43.7 Å². The third kappa shape index (κ3) is 3.49. The minimum Gasteiger partial charge on any atom is -0.448 e. The van der Waals surface area contributed by atoms with Crippen LogP contribution in [0.2, 0.25) is 0 Å². The second kappa shape index (κ2) is 8.35. The van der Waals surface area contributed by atoms with E-state index in [0.717, 1.165) is 12.8 Å². The van der Waals surface area contributed by atoms with Gasteiger partial charge in [-0.2, -0.15) is 0 Å². The average molecular weight is 457 g/mol. The van der Waals surface area contributed by atoms with Crippen LogP contribution >= 0.6 is 0 Å². The maximum absolute atomic E-state index is 13.6. The Kier molecular flexibility index (Phi) is 5.16. The molecule has 5 nitrogen and oxygen atoms in total. The van der Waals surface area contributed by atoms with Gasteiger partial charge in [0, 0.05) is 36.2 Å². The Morgan fingerprint density at radius 1 is 0.941 bits per heavy atom. The molecule has 2 atom stereocenters. The molecule has 3 aromatic rings. The maximum Gasteiger partial charge on any atom is 0.410 e. The van der Waals surface area contributed by atoms with E-state index in [9.17, 15) is 14.0 Å². The standard InChI is InChI=1S/C28H25FN2O3/c29-18-11-12-30-26(15-18)27(32)17-13-19-9-10-20(14-17)31(19)28(33)34-16-25-23-7-3-1-5-21(23)22-6-2-4-8-24(22)25/h1-8,11-12,15,17,19-20,25H,9-10,13-14,16H2. The lowest BCUT2D eigenvalue weighted by atomic mass is 9.86. The minimum atomic E-state index is -0.461. The van der Waals surface area contributed by atoms with Gasteiger partial charge in [-0.15, -0.1) is 0 Å². The second-order valence-electron chi connectivity index (χ2n) is 9.49. The van der Waals surface area contributed by atoms with Gasteiger partial charge in [0.15, 0.2) is 5.78 Å². The zero-order chi connectivity index (χ0) is 23.2. The number of rotatable bonds is 4. The number of hydrogen-bond donors (Lipinski definition) is 0. The third-order valence-electron chi connectivity index (χ3n) is 7.63. The smallest absolute Gasteiger partial charge is 0.410 e. The van der Waals surface area contributed by atoms with Crippen LogP contribution in [0.4, 0.5) is 9.18 Å². The Hall–Kier alpha value is -3.54. The number of nitrogens with zero attached hydrogens (tertiary/aromatic N) is 2. The van der Waals surface area contributed by atoms with Crippen LogP contribution in [0.3, 0.4) is 0 Å². The Morgan fingerprint density at radius 2 is 1.56 bits per heavy atom. The summed E-state index contributed by atoms with van der Waals surface area (Å²) in [5.41, 5.74) is 4.94. The number of amides is 1. The second-order valence-corrected chi connectivity index (χ2v) is 9.49. The highest BCUT2D eigenvalue weighted by Crippen LogP contribution is 2.45. The van der Waals surface area contributed by atoms with Gasteiger partial charge >= 0.3 is 6.09 Å². The number of halogens is 1. The zero-order valence-corrected chi connectivity index (χ0v) is 18.7. The largest absolute Gasteiger partial charge is 0.448 e. The van der Waals surface area contributed by atoms with Crippen LogP contribution in [-0.4, -0.2) is 40.5 Å². The molecule has 1 amide bonds. The lowest BCUT2D eigenvalue weighted by Gasteiger charge is -2.37. The number of Topliss-reactive ketones (excluding diaryl/α,β-unsaturated/α-hetero) is 1. The number of fused-ring (bicyclic) bond motifs is 5. The first-order valence-electron chi connectivity index (χ1n) is 11.9. The van der Waals surface area contributed by atoms with E-state index in [2.05, 4.69) is 29.2 Å². The molecule has 1 aromatic heterocycles. The molecular weight excluding hydrogens is 431 g/mol. The van der Waals surface area contributed by atoms with Gasteiger partial charge in [-0.05, 0) is 54.0 Å². The van der Waals surface area contributed by atoms with E-state index in [1.807, 2.05) is 29.2 Å². The lowest BCUT2D eigenvalue weighted by Crippen LogP contribution is -2.48. The Balaban J connectivity index is 1.15. The summed E-state index contributed by atoms with van der Waals surface area (Å²) in [6.45, 7) is 0.290. The molecule has 172 valence electrons. The third-order valence-corrected chi connectivity index (χ3v) is 7.63. The van der Waals surface area contributed by atoms with Crippen molar-refractivity contribution in [1.82, 2.24) is 9.88 Å².